The van der Waals surface area contributed by atoms with E-state index in [9.17, 15) is 19.8 Å². The van der Waals surface area contributed by atoms with Crippen molar-refractivity contribution in [3.63, 3.8) is 0 Å². The Kier molecular flexibility index (Phi) is 12.4. The highest BCUT2D eigenvalue weighted by Crippen LogP contribution is 2.54. The Hall–Kier alpha value is -2.73. The van der Waals surface area contributed by atoms with Crippen LogP contribution in [0, 0.1) is 13.1 Å². The normalized spacial score (nSPS) is 20.9. The minimum Gasteiger partial charge on any atom is -0.481 e. The van der Waals surface area contributed by atoms with E-state index in [0.29, 0.717) is 12.8 Å². The van der Waals surface area contributed by atoms with E-state index in [-0.39, 0.29) is 5.41 Å². The van der Waals surface area contributed by atoms with Crippen molar-refractivity contribution in [2.45, 2.75) is 90.0 Å². The molecule has 4 rings (SSSR count). The number of benzene rings is 2. The van der Waals surface area contributed by atoms with E-state index in [1.54, 1.807) is 0 Å². The Bertz CT molecular complexity index is 1670. The summed E-state index contributed by atoms with van der Waals surface area (Å²) < 4.78 is 4.76. The highest BCUT2D eigenvalue weighted by atomic mass is 127. The largest absolute Gasteiger partial charge is 0.481 e. The van der Waals surface area contributed by atoms with Crippen LogP contribution in [-0.4, -0.2) is 45.5 Å². The van der Waals surface area contributed by atoms with E-state index in [0.717, 1.165) is 42.6 Å². The molecule has 6 nitrogen and oxygen atoms in total. The van der Waals surface area contributed by atoms with Crippen molar-refractivity contribution >= 4 is 74.2 Å². The number of aliphatic carboxylic acids is 2. The number of nitrogens with zero attached hydrogens (tertiary/aromatic N) is 2. The van der Waals surface area contributed by atoms with Gasteiger partial charge in [-0.1, -0.05) is 88.1 Å². The lowest BCUT2D eigenvalue weighted by Crippen LogP contribution is -2.45. The van der Waals surface area contributed by atoms with Crippen LogP contribution in [0.25, 0.3) is 0 Å². The van der Waals surface area contributed by atoms with Gasteiger partial charge in [0.05, 0.1) is 16.9 Å². The fourth-order valence-electron chi connectivity index (χ4n) is 7.35. The first-order valence-corrected chi connectivity index (χ1v) is 18.6. The number of carboxylic acid groups (broad SMARTS) is 2. The third-order valence-corrected chi connectivity index (χ3v) is 11.2. The van der Waals surface area contributed by atoms with Crippen molar-refractivity contribution in [3.8, 4) is 0 Å². The average molecular weight is 862 g/mol. The van der Waals surface area contributed by atoms with Gasteiger partial charge in [-0.05, 0) is 103 Å². The molecule has 0 saturated carbocycles. The number of para-hydroxylation sites is 1. The van der Waals surface area contributed by atoms with Crippen LogP contribution in [0.4, 0.5) is 11.4 Å². The predicted octanol–water partition coefficient (Wildman–Crippen LogP) is 9.77. The van der Waals surface area contributed by atoms with Gasteiger partial charge in [0.1, 0.15) is 13.1 Å². The molecule has 47 heavy (non-hydrogen) atoms. The Balaban J connectivity index is 1.71. The van der Waals surface area contributed by atoms with Crippen molar-refractivity contribution < 1.29 is 24.4 Å². The number of halogens is 2. The predicted molar refractivity (Wildman–Crippen MR) is 209 cm³/mol. The summed E-state index contributed by atoms with van der Waals surface area (Å²) in [6.45, 7) is 10.6. The zero-order valence-corrected chi connectivity index (χ0v) is 32.6. The van der Waals surface area contributed by atoms with Crippen LogP contribution >= 0.6 is 45.2 Å². The summed E-state index contributed by atoms with van der Waals surface area (Å²) in [4.78, 5) is 27.5. The standard InChI is InChI=1S/C39H46I2N2O4/c1-7-9-18-28(36(44)45)39(5)27-19-16-17-21-30(27)43(31(37(46)47)20-10-8-2)34(39)23-15-13-11-12-14-22-33-38(3,4)35-29(41)24-26(40)25-32(35)42(33)6/h11-17,19,21-25,28,31H,7-10,18,20H2,1-6H3,(H-,44,45,46,47)/p+1. The van der Waals surface area contributed by atoms with Gasteiger partial charge >= 0.3 is 11.9 Å². The fourth-order valence-corrected chi connectivity index (χ4v) is 9.84. The van der Waals surface area contributed by atoms with E-state index in [1.807, 2.05) is 72.5 Å². The molecule has 2 aliphatic heterocycles. The molecule has 3 unspecified atom stereocenters. The first kappa shape index (κ1) is 37.1. The molecule has 0 fully saturated rings. The van der Waals surface area contributed by atoms with Gasteiger partial charge in [0.2, 0.25) is 5.69 Å². The second-order valence-electron chi connectivity index (χ2n) is 13.2. The van der Waals surface area contributed by atoms with Crippen LogP contribution in [0.15, 0.2) is 84.6 Å². The molecule has 0 radical (unpaired) electrons. The topological polar surface area (TPSA) is 80.8 Å². The molecule has 2 aromatic rings. The fraction of sp³-hybridized carbons (Fsp3) is 0.410. The smallest absolute Gasteiger partial charge is 0.326 e. The number of allylic oxidation sites excluding steroid dienone is 8. The van der Waals surface area contributed by atoms with Crippen LogP contribution in [-0.2, 0) is 20.4 Å². The molecule has 0 spiro atoms. The summed E-state index contributed by atoms with van der Waals surface area (Å²) in [5, 5.41) is 21.0. The van der Waals surface area contributed by atoms with Gasteiger partial charge in [0, 0.05) is 36.1 Å². The zero-order chi connectivity index (χ0) is 34.5. The van der Waals surface area contributed by atoms with Crippen LogP contribution in [0.5, 0.6) is 0 Å². The lowest BCUT2D eigenvalue weighted by atomic mass is 9.69. The van der Waals surface area contributed by atoms with Gasteiger partial charge in [-0.2, -0.15) is 4.58 Å². The number of carboxylic acids is 2. The summed E-state index contributed by atoms with van der Waals surface area (Å²) >= 11 is 4.81. The second-order valence-corrected chi connectivity index (χ2v) is 15.6. The van der Waals surface area contributed by atoms with Crippen molar-refractivity contribution in [1.82, 2.24) is 0 Å². The van der Waals surface area contributed by atoms with Crippen molar-refractivity contribution in [1.29, 1.82) is 0 Å². The first-order valence-electron chi connectivity index (χ1n) is 16.5. The summed E-state index contributed by atoms with van der Waals surface area (Å²) in [7, 11) is 2.12. The van der Waals surface area contributed by atoms with Crippen LogP contribution < -0.4 is 4.90 Å². The van der Waals surface area contributed by atoms with E-state index in [1.165, 1.54) is 24.1 Å². The molecular weight excluding hydrogens is 814 g/mol. The Labute approximate surface area is 307 Å². The number of hydrogen-bond donors (Lipinski definition) is 2. The van der Waals surface area contributed by atoms with Gasteiger partial charge in [-0.25, -0.2) is 4.79 Å². The molecule has 0 amide bonds. The van der Waals surface area contributed by atoms with Crippen molar-refractivity contribution in [2.75, 3.05) is 11.9 Å². The monoisotopic (exact) mass is 861 g/mol. The summed E-state index contributed by atoms with van der Waals surface area (Å²) in [5.41, 5.74) is 5.15. The molecule has 0 bridgehead atoms. The van der Waals surface area contributed by atoms with Gasteiger partial charge in [0.15, 0.2) is 5.71 Å². The molecule has 0 aliphatic carbocycles. The quantitative estimate of drug-likeness (QED) is 0.112. The second kappa shape index (κ2) is 15.7. The SMILES string of the molecule is CCCCC(C(=O)O)N1\C(=C/C=C/C=C/C=C/C2=[N+](C)c3cc(I)cc(I)c3C2(C)C)C(C)(C(CCCC)C(=O)O)c2ccccc21. The maximum atomic E-state index is 12.9. The molecule has 2 heterocycles. The Morgan fingerprint density at radius 2 is 1.55 bits per heavy atom. The number of carbonyl (C=O) groups is 2. The molecule has 2 aliphatic rings. The lowest BCUT2D eigenvalue weighted by Gasteiger charge is -2.37. The Morgan fingerprint density at radius 1 is 0.915 bits per heavy atom. The molecule has 2 aromatic carbocycles. The van der Waals surface area contributed by atoms with Crippen LogP contribution in [0.2, 0.25) is 0 Å². The van der Waals surface area contributed by atoms with Gasteiger partial charge in [-0.15, -0.1) is 0 Å². The molecule has 2 N–H and O–H groups in total. The molecule has 250 valence electrons. The number of anilines is 1. The summed E-state index contributed by atoms with van der Waals surface area (Å²) in [6.07, 6.45) is 18.2. The van der Waals surface area contributed by atoms with E-state index in [2.05, 4.69) is 103 Å². The minimum absolute atomic E-state index is 0.127. The maximum Gasteiger partial charge on any atom is 0.326 e. The molecular formula is C39H47I2N2O4+. The lowest BCUT2D eigenvalue weighted by molar-refractivity contribution is -0.401. The third-order valence-electron chi connectivity index (χ3n) is 9.76. The van der Waals surface area contributed by atoms with Gasteiger partial charge < -0.3 is 15.1 Å². The average Bonchev–Trinajstić information content (AvgIpc) is 3.36. The Morgan fingerprint density at radius 3 is 2.21 bits per heavy atom. The maximum absolute atomic E-state index is 12.9. The summed E-state index contributed by atoms with van der Waals surface area (Å²) in [6, 6.07) is 11.4. The number of rotatable bonds is 14. The van der Waals surface area contributed by atoms with E-state index < -0.39 is 29.3 Å². The van der Waals surface area contributed by atoms with Gasteiger partial charge in [0.25, 0.3) is 0 Å². The van der Waals surface area contributed by atoms with Crippen LogP contribution in [0.3, 0.4) is 0 Å². The third kappa shape index (κ3) is 7.33. The van der Waals surface area contributed by atoms with Crippen molar-refractivity contribution in [2.24, 2.45) is 5.92 Å². The van der Waals surface area contributed by atoms with Crippen molar-refractivity contribution in [3.05, 3.63) is 103 Å². The van der Waals surface area contributed by atoms with E-state index >= 15 is 0 Å². The molecule has 3 atom stereocenters. The van der Waals surface area contributed by atoms with E-state index in [4.69, 9.17) is 0 Å². The summed E-state index contributed by atoms with van der Waals surface area (Å²) in [5.74, 6) is -2.46. The highest BCUT2D eigenvalue weighted by molar-refractivity contribution is 14.1. The molecule has 8 heteroatoms. The van der Waals surface area contributed by atoms with Gasteiger partial charge in [-0.3, -0.25) is 4.79 Å². The molecule has 0 saturated heterocycles. The molecule has 0 aromatic heterocycles. The number of fused-ring (bicyclic) bond motifs is 2. The highest BCUT2D eigenvalue weighted by Gasteiger charge is 2.53. The number of unbranched alkanes of at least 4 members (excludes halogenated alkanes) is 2. The minimum atomic E-state index is -0.901. The first-order chi connectivity index (χ1) is 22.3. The van der Waals surface area contributed by atoms with Crippen LogP contribution in [0.1, 0.15) is 84.3 Å². The number of hydrogen-bond acceptors (Lipinski definition) is 3. The zero-order valence-electron chi connectivity index (χ0n) is 28.3.